The van der Waals surface area contributed by atoms with Crippen molar-refractivity contribution in [2.75, 3.05) is 13.3 Å². The number of allylic oxidation sites excluding steroid dienone is 3. The van der Waals surface area contributed by atoms with Crippen molar-refractivity contribution in [2.24, 2.45) is 29.0 Å². The maximum Gasteiger partial charge on any atom is 0.314 e. The molecule has 1 fully saturated rings. The molecule has 7 nitrogen and oxygen atoms in total. The number of carboxylic acid groups (broad SMARTS) is 1. The molecule has 4 rings (SSSR count). The second-order valence-electron chi connectivity index (χ2n) is 6.86. The maximum absolute atomic E-state index is 11.2. The molecule has 2 bridgehead atoms. The van der Waals surface area contributed by atoms with Crippen LogP contribution in [0.1, 0.15) is 12.8 Å². The Morgan fingerprint density at radius 1 is 1.36 bits per heavy atom. The minimum absolute atomic E-state index is 0.216. The second kappa shape index (κ2) is 6.78. The average molecular weight is 344 g/mol. The topological polar surface area (TPSA) is 137 Å². The molecule has 0 radical (unpaired) electrons. The monoisotopic (exact) mass is 344 g/mol. The smallest absolute Gasteiger partial charge is 0.314 e. The van der Waals surface area contributed by atoms with Crippen LogP contribution in [0, 0.1) is 11.8 Å². The van der Waals surface area contributed by atoms with Crippen LogP contribution < -0.4 is 22.5 Å². The minimum atomic E-state index is -0.934. The molecule has 1 atom stereocenters. The molecule has 7 heteroatoms. The lowest BCUT2D eigenvalue weighted by molar-refractivity contribution is -0.138. The lowest BCUT2D eigenvalue weighted by Gasteiger charge is -2.42. The van der Waals surface area contributed by atoms with E-state index < -0.39 is 11.9 Å². The highest BCUT2D eigenvalue weighted by Gasteiger charge is 2.42. The van der Waals surface area contributed by atoms with Crippen molar-refractivity contribution < 1.29 is 14.6 Å². The van der Waals surface area contributed by atoms with Gasteiger partial charge in [-0.05, 0) is 42.7 Å². The fourth-order valence-corrected chi connectivity index (χ4v) is 3.34. The minimum Gasteiger partial charge on any atom is -0.481 e. The standard InChI is InChI=1S/C18H24N4O3/c19-14-2-1-12(17(23)24)4-15(5-14)22-10-25-9-11-3-16(20)13-7-18(21,6-11)8-13/h1-6,12-13,22H,7-10,19-21H2,(H,23,24). The summed E-state index contributed by atoms with van der Waals surface area (Å²) in [5, 5.41) is 12.2. The van der Waals surface area contributed by atoms with Gasteiger partial charge in [0, 0.05) is 28.5 Å². The third-order valence-electron chi connectivity index (χ3n) is 4.66. The van der Waals surface area contributed by atoms with E-state index in [1.165, 1.54) is 0 Å². The number of nitrogens with two attached hydrogens (primary N) is 3. The molecule has 25 heavy (non-hydrogen) atoms. The summed E-state index contributed by atoms with van der Waals surface area (Å²) in [6.07, 6.45) is 12.1. The molecular weight excluding hydrogens is 320 g/mol. The average Bonchev–Trinajstić information content (AvgIpc) is 2.82. The number of aliphatic carboxylic acids is 1. The molecule has 134 valence electrons. The molecule has 0 spiro atoms. The van der Waals surface area contributed by atoms with Crippen LogP contribution in [0.15, 0.2) is 59.1 Å². The van der Waals surface area contributed by atoms with E-state index in [-0.39, 0.29) is 12.3 Å². The van der Waals surface area contributed by atoms with Crippen LogP contribution in [0.5, 0.6) is 0 Å². The van der Waals surface area contributed by atoms with Crippen LogP contribution in [-0.4, -0.2) is 30.0 Å². The molecule has 0 aromatic rings. The van der Waals surface area contributed by atoms with Gasteiger partial charge in [0.25, 0.3) is 0 Å². The molecule has 8 N–H and O–H groups in total. The molecule has 0 aromatic carbocycles. The van der Waals surface area contributed by atoms with E-state index in [4.69, 9.17) is 27.0 Å². The number of carbonyl (C=O) groups is 1. The van der Waals surface area contributed by atoms with Gasteiger partial charge < -0.3 is 32.4 Å². The lowest BCUT2D eigenvalue weighted by atomic mass is 9.68. The highest BCUT2D eigenvalue weighted by molar-refractivity contribution is 5.75. The van der Waals surface area contributed by atoms with Crippen molar-refractivity contribution in [2.45, 2.75) is 18.4 Å². The summed E-state index contributed by atoms with van der Waals surface area (Å²) in [6.45, 7) is 0.598. The van der Waals surface area contributed by atoms with Gasteiger partial charge in [-0.1, -0.05) is 12.2 Å². The Balaban J connectivity index is 1.54. The number of nitrogens with one attached hydrogen (secondary N) is 1. The Morgan fingerprint density at radius 2 is 2.12 bits per heavy atom. The summed E-state index contributed by atoms with van der Waals surface area (Å²) in [4.78, 5) is 11.2. The molecule has 1 unspecified atom stereocenters. The van der Waals surface area contributed by atoms with Gasteiger partial charge in [0.2, 0.25) is 0 Å². The predicted molar refractivity (Wildman–Crippen MR) is 94.6 cm³/mol. The summed E-state index contributed by atoms with van der Waals surface area (Å²) in [5.74, 6) is -1.28. The first-order chi connectivity index (χ1) is 11.8. The van der Waals surface area contributed by atoms with Crippen LogP contribution in [-0.2, 0) is 9.53 Å². The van der Waals surface area contributed by atoms with Gasteiger partial charge in [-0.25, -0.2) is 0 Å². The van der Waals surface area contributed by atoms with E-state index >= 15 is 0 Å². The van der Waals surface area contributed by atoms with Gasteiger partial charge in [-0.15, -0.1) is 0 Å². The summed E-state index contributed by atoms with van der Waals surface area (Å²) < 4.78 is 5.65. The first-order valence-electron chi connectivity index (χ1n) is 8.24. The molecule has 0 aliphatic heterocycles. The highest BCUT2D eigenvalue weighted by Crippen LogP contribution is 2.43. The van der Waals surface area contributed by atoms with Gasteiger partial charge in [-0.2, -0.15) is 0 Å². The summed E-state index contributed by atoms with van der Waals surface area (Å²) in [5.41, 5.74) is 20.8. The zero-order valence-electron chi connectivity index (χ0n) is 13.9. The van der Waals surface area contributed by atoms with Crippen LogP contribution in [0.4, 0.5) is 0 Å². The zero-order valence-corrected chi connectivity index (χ0v) is 13.9. The molecule has 4 aliphatic rings. The van der Waals surface area contributed by atoms with Crippen LogP contribution in [0.3, 0.4) is 0 Å². The molecule has 0 aromatic heterocycles. The van der Waals surface area contributed by atoms with Crippen molar-refractivity contribution in [3.63, 3.8) is 0 Å². The SMILES string of the molecule is NC1=CC(NCOCC2=CC3(N)CC(C3)C(N)=C2)=CC(C(=O)O)C=C1. The molecular formula is C18H24N4O3. The first-order valence-corrected chi connectivity index (χ1v) is 8.24. The van der Waals surface area contributed by atoms with E-state index in [0.717, 1.165) is 24.1 Å². The number of fused-ring (bicyclic) bond motifs is 1. The van der Waals surface area contributed by atoms with E-state index in [1.54, 1.807) is 24.3 Å². The number of carboxylic acids is 1. The van der Waals surface area contributed by atoms with Gasteiger partial charge in [0.1, 0.15) is 6.73 Å². The Morgan fingerprint density at radius 3 is 2.84 bits per heavy atom. The number of ether oxygens (including phenoxy) is 1. The van der Waals surface area contributed by atoms with Gasteiger partial charge in [0.15, 0.2) is 0 Å². The first kappa shape index (κ1) is 17.3. The van der Waals surface area contributed by atoms with Gasteiger partial charge >= 0.3 is 5.97 Å². The largest absolute Gasteiger partial charge is 0.481 e. The Bertz CT molecular complexity index is 712. The van der Waals surface area contributed by atoms with Gasteiger partial charge in [0.05, 0.1) is 12.5 Å². The summed E-state index contributed by atoms with van der Waals surface area (Å²) in [6, 6.07) is 0. The number of rotatable bonds is 6. The van der Waals surface area contributed by atoms with Crippen LogP contribution in [0.2, 0.25) is 0 Å². The fraction of sp³-hybridized carbons (Fsp3) is 0.389. The third kappa shape index (κ3) is 4.12. The number of hydrogen-bond donors (Lipinski definition) is 5. The van der Waals surface area contributed by atoms with Crippen molar-refractivity contribution in [3.05, 3.63) is 59.1 Å². The maximum atomic E-state index is 11.2. The number of hydrogen-bond acceptors (Lipinski definition) is 6. The Labute approximate surface area is 146 Å². The molecule has 1 saturated carbocycles. The third-order valence-corrected chi connectivity index (χ3v) is 4.66. The van der Waals surface area contributed by atoms with Crippen molar-refractivity contribution in [1.29, 1.82) is 0 Å². The predicted octanol–water partition coefficient (Wildman–Crippen LogP) is 0.437. The Kier molecular flexibility index (Phi) is 4.69. The van der Waals surface area contributed by atoms with E-state index in [2.05, 4.69) is 5.32 Å². The quantitative estimate of drug-likeness (QED) is 0.348. The van der Waals surface area contributed by atoms with Crippen molar-refractivity contribution >= 4 is 5.97 Å². The summed E-state index contributed by atoms with van der Waals surface area (Å²) >= 11 is 0. The van der Waals surface area contributed by atoms with E-state index in [9.17, 15) is 4.79 Å². The Hall–Kier alpha value is -2.51. The van der Waals surface area contributed by atoms with E-state index in [1.807, 2.05) is 12.2 Å². The lowest BCUT2D eigenvalue weighted by Crippen LogP contribution is -2.50. The van der Waals surface area contributed by atoms with Crippen LogP contribution >= 0.6 is 0 Å². The zero-order chi connectivity index (χ0) is 18.0. The van der Waals surface area contributed by atoms with E-state index in [0.29, 0.717) is 23.9 Å². The molecule has 0 saturated heterocycles. The molecule has 0 amide bonds. The fourth-order valence-electron chi connectivity index (χ4n) is 3.34. The van der Waals surface area contributed by atoms with Crippen molar-refractivity contribution in [3.8, 4) is 0 Å². The van der Waals surface area contributed by atoms with Gasteiger partial charge in [-0.3, -0.25) is 4.79 Å². The van der Waals surface area contributed by atoms with Crippen molar-refractivity contribution in [1.82, 2.24) is 5.32 Å². The second-order valence-corrected chi connectivity index (χ2v) is 6.86. The molecule has 4 aliphatic carbocycles. The van der Waals surface area contributed by atoms with Crippen LogP contribution in [0.25, 0.3) is 0 Å². The normalized spacial score (nSPS) is 30.8. The summed E-state index contributed by atoms with van der Waals surface area (Å²) in [7, 11) is 0. The molecule has 0 heterocycles. The highest BCUT2D eigenvalue weighted by atomic mass is 16.5.